The minimum Gasteiger partial charge on any atom is -0.354 e. The van der Waals surface area contributed by atoms with Crippen molar-refractivity contribution in [2.24, 2.45) is 5.92 Å². The van der Waals surface area contributed by atoms with Crippen molar-refractivity contribution in [2.75, 3.05) is 43.9 Å². The van der Waals surface area contributed by atoms with Crippen molar-refractivity contribution in [2.45, 2.75) is 53.6 Å². The number of anilines is 1. The summed E-state index contributed by atoms with van der Waals surface area (Å²) in [5, 5.41) is 4.89. The molecule has 7 nitrogen and oxygen atoms in total. The topological polar surface area (TPSA) is 61.7 Å². The molecule has 184 valence electrons. The number of halogens is 1. The highest BCUT2D eigenvalue weighted by atomic mass is 32.2. The molecule has 3 rings (SSSR count). The van der Waals surface area contributed by atoms with Gasteiger partial charge in [0.05, 0.1) is 17.6 Å². The lowest BCUT2D eigenvalue weighted by Gasteiger charge is -2.38. The van der Waals surface area contributed by atoms with Gasteiger partial charge in [-0.1, -0.05) is 20.8 Å². The lowest BCUT2D eigenvalue weighted by molar-refractivity contribution is 0.208. The minimum atomic E-state index is -3.39. The van der Waals surface area contributed by atoms with Crippen LogP contribution in [0.1, 0.15) is 45.9 Å². The molecule has 1 saturated heterocycles. The Kier molecular flexibility index (Phi) is 8.18. The van der Waals surface area contributed by atoms with Gasteiger partial charge in [-0.15, -0.1) is 0 Å². The second-order valence-corrected chi connectivity index (χ2v) is 11.5. The second kappa shape index (κ2) is 10.5. The molecule has 1 fully saturated rings. The van der Waals surface area contributed by atoms with Crippen LogP contribution in [0.4, 0.5) is 10.2 Å². The Balaban J connectivity index is 2.10. The largest absolute Gasteiger partial charge is 0.354 e. The fourth-order valence-electron chi connectivity index (χ4n) is 4.37. The highest BCUT2D eigenvalue weighted by Gasteiger charge is 2.30. The predicted molar refractivity (Wildman–Crippen MR) is 132 cm³/mol. The maximum atomic E-state index is 13.6. The summed E-state index contributed by atoms with van der Waals surface area (Å²) in [5.41, 5.74) is 2.58. The standard InChI is InChI=1S/C24H38FN5O2S/c1-7-23-22(17-29(16-18(2)3)33(6,31)32)24(28-14-12-27(13-15-28)19(4)5)30(26-23)21-10-8-20(25)9-11-21/h8-11,18-19H,7,12-17H2,1-6H3. The van der Waals surface area contributed by atoms with Crippen LogP contribution in [-0.4, -0.2) is 72.4 Å². The molecule has 33 heavy (non-hydrogen) atoms. The van der Waals surface area contributed by atoms with E-state index in [9.17, 15) is 12.8 Å². The third kappa shape index (κ3) is 6.13. The molecule has 2 aromatic rings. The molecule has 0 N–H and O–H groups in total. The molecule has 0 bridgehead atoms. The van der Waals surface area contributed by atoms with Crippen molar-refractivity contribution in [1.82, 2.24) is 19.0 Å². The quantitative estimate of drug-likeness (QED) is 0.551. The highest BCUT2D eigenvalue weighted by Crippen LogP contribution is 2.31. The molecule has 1 aliphatic rings. The first-order valence-electron chi connectivity index (χ1n) is 11.8. The van der Waals surface area contributed by atoms with E-state index >= 15 is 0 Å². The number of rotatable bonds is 9. The molecule has 0 spiro atoms. The molecule has 0 amide bonds. The zero-order valence-corrected chi connectivity index (χ0v) is 21.6. The van der Waals surface area contributed by atoms with Crippen molar-refractivity contribution < 1.29 is 12.8 Å². The van der Waals surface area contributed by atoms with Crippen LogP contribution in [-0.2, 0) is 23.0 Å². The van der Waals surface area contributed by atoms with Crippen molar-refractivity contribution in [3.63, 3.8) is 0 Å². The Morgan fingerprint density at radius 2 is 1.67 bits per heavy atom. The number of aryl methyl sites for hydroxylation is 1. The number of hydrogen-bond acceptors (Lipinski definition) is 5. The number of piperazine rings is 1. The maximum Gasteiger partial charge on any atom is 0.211 e. The number of hydrogen-bond donors (Lipinski definition) is 0. The molecular weight excluding hydrogens is 441 g/mol. The molecule has 9 heteroatoms. The van der Waals surface area contributed by atoms with Crippen molar-refractivity contribution in [3.8, 4) is 5.69 Å². The Morgan fingerprint density at radius 3 is 2.15 bits per heavy atom. The molecule has 1 aromatic heterocycles. The number of benzene rings is 1. The Labute approximate surface area is 198 Å². The third-order valence-electron chi connectivity index (χ3n) is 6.16. The molecule has 0 atom stereocenters. The van der Waals surface area contributed by atoms with Crippen molar-refractivity contribution in [3.05, 3.63) is 41.3 Å². The van der Waals surface area contributed by atoms with E-state index in [0.29, 0.717) is 19.0 Å². The molecule has 2 heterocycles. The Bertz CT molecular complexity index is 1030. The molecule has 0 radical (unpaired) electrons. The lowest BCUT2D eigenvalue weighted by Crippen LogP contribution is -2.49. The lowest BCUT2D eigenvalue weighted by atomic mass is 10.1. The average molecular weight is 480 g/mol. The minimum absolute atomic E-state index is 0.204. The van der Waals surface area contributed by atoms with Crippen molar-refractivity contribution >= 4 is 15.8 Å². The van der Waals surface area contributed by atoms with Gasteiger partial charge in [-0.25, -0.2) is 17.5 Å². The summed E-state index contributed by atoms with van der Waals surface area (Å²) in [6.45, 7) is 14.7. The number of sulfonamides is 1. The van der Waals surface area contributed by atoms with Crippen molar-refractivity contribution in [1.29, 1.82) is 0 Å². The summed E-state index contributed by atoms with van der Waals surface area (Å²) in [4.78, 5) is 4.75. The van der Waals surface area contributed by atoms with E-state index in [1.807, 2.05) is 25.5 Å². The van der Waals surface area contributed by atoms with Crippen LogP contribution in [0.5, 0.6) is 0 Å². The second-order valence-electron chi connectivity index (χ2n) is 9.56. The van der Waals surface area contributed by atoms with Crippen LogP contribution in [0.2, 0.25) is 0 Å². The van der Waals surface area contributed by atoms with E-state index < -0.39 is 10.0 Å². The summed E-state index contributed by atoms with van der Waals surface area (Å²) in [6, 6.07) is 6.80. The van der Waals surface area contributed by atoms with Gasteiger partial charge in [0, 0.05) is 50.9 Å². The van der Waals surface area contributed by atoms with Gasteiger partial charge in [-0.2, -0.15) is 9.40 Å². The van der Waals surface area contributed by atoms with Gasteiger partial charge in [-0.3, -0.25) is 4.90 Å². The zero-order chi connectivity index (χ0) is 24.3. The summed E-state index contributed by atoms with van der Waals surface area (Å²) in [7, 11) is -3.39. The molecule has 0 saturated carbocycles. The van der Waals surface area contributed by atoms with E-state index in [2.05, 4.69) is 23.6 Å². The first kappa shape index (κ1) is 25.6. The summed E-state index contributed by atoms with van der Waals surface area (Å²) < 4.78 is 42.3. The smallest absolute Gasteiger partial charge is 0.211 e. The Morgan fingerprint density at radius 1 is 1.06 bits per heavy atom. The fourth-order valence-corrected chi connectivity index (χ4v) is 5.30. The van der Waals surface area contributed by atoms with Gasteiger partial charge in [0.25, 0.3) is 0 Å². The van der Waals surface area contributed by atoms with E-state index in [1.165, 1.54) is 18.4 Å². The molecule has 0 aliphatic carbocycles. The average Bonchev–Trinajstić information content (AvgIpc) is 3.11. The van der Waals surface area contributed by atoms with E-state index in [-0.39, 0.29) is 18.3 Å². The van der Waals surface area contributed by atoms with Crippen LogP contribution < -0.4 is 4.90 Å². The number of aromatic nitrogens is 2. The normalized spacial score (nSPS) is 15.9. The monoisotopic (exact) mass is 479 g/mol. The summed E-state index contributed by atoms with van der Waals surface area (Å²) in [5.74, 6) is 0.823. The van der Waals surface area contributed by atoms with Gasteiger partial charge in [0.2, 0.25) is 10.0 Å². The van der Waals surface area contributed by atoms with Crippen LogP contribution in [0, 0.1) is 11.7 Å². The van der Waals surface area contributed by atoms with E-state index in [1.54, 1.807) is 16.4 Å². The number of nitrogens with zero attached hydrogens (tertiary/aromatic N) is 5. The van der Waals surface area contributed by atoms with Crippen LogP contribution in [0.25, 0.3) is 5.69 Å². The van der Waals surface area contributed by atoms with Gasteiger partial charge >= 0.3 is 0 Å². The maximum absolute atomic E-state index is 13.6. The van der Waals surface area contributed by atoms with Gasteiger partial charge in [0.15, 0.2) is 0 Å². The third-order valence-corrected chi connectivity index (χ3v) is 7.38. The summed E-state index contributed by atoms with van der Waals surface area (Å²) >= 11 is 0. The summed E-state index contributed by atoms with van der Waals surface area (Å²) in [6.07, 6.45) is 1.95. The Hall–Kier alpha value is -1.97. The SMILES string of the molecule is CCc1nn(-c2ccc(F)cc2)c(N2CCN(C(C)C)CC2)c1CN(CC(C)C)S(C)(=O)=O. The van der Waals surface area contributed by atoms with Crippen LogP contribution in [0.3, 0.4) is 0 Å². The molecule has 0 unspecified atom stereocenters. The van der Waals surface area contributed by atoms with E-state index in [4.69, 9.17) is 5.10 Å². The van der Waals surface area contributed by atoms with Gasteiger partial charge < -0.3 is 4.90 Å². The van der Waals surface area contributed by atoms with Gasteiger partial charge in [-0.05, 0) is 50.5 Å². The molecule has 1 aromatic carbocycles. The first-order chi connectivity index (χ1) is 15.5. The predicted octanol–water partition coefficient (Wildman–Crippen LogP) is 3.52. The first-order valence-corrected chi connectivity index (χ1v) is 13.7. The van der Waals surface area contributed by atoms with Crippen LogP contribution >= 0.6 is 0 Å². The zero-order valence-electron chi connectivity index (χ0n) is 20.8. The van der Waals surface area contributed by atoms with E-state index in [0.717, 1.165) is 48.9 Å². The molecular formula is C24H38FN5O2S. The van der Waals surface area contributed by atoms with Crippen LogP contribution in [0.15, 0.2) is 24.3 Å². The highest BCUT2D eigenvalue weighted by molar-refractivity contribution is 7.88. The van der Waals surface area contributed by atoms with Gasteiger partial charge in [0.1, 0.15) is 11.6 Å². The molecule has 1 aliphatic heterocycles. The fraction of sp³-hybridized carbons (Fsp3) is 0.625.